The largest absolute Gasteiger partial charge is 0.465 e. The molecule has 6 atom stereocenters. The number of unbranched alkanes of at least 4 members (excludes halogenated alkanes) is 13. The molecule has 5 N–H and O–H groups in total. The van der Waals surface area contributed by atoms with Crippen LogP contribution in [0.5, 0.6) is 0 Å². The van der Waals surface area contributed by atoms with Crippen molar-refractivity contribution in [1.29, 1.82) is 0 Å². The minimum atomic E-state index is -1.49. The SMILES string of the molecule is CCCCCCCCCCCCCCCCOC(=O)C(CC(C)C)NC1O[C@H](CO)[C@@H](O)[C@H](O)[C@H]1O. The van der Waals surface area contributed by atoms with Crippen LogP contribution in [0, 0.1) is 5.92 Å². The van der Waals surface area contributed by atoms with Crippen molar-refractivity contribution in [3.63, 3.8) is 0 Å². The van der Waals surface area contributed by atoms with Gasteiger partial charge in [0.05, 0.1) is 13.2 Å². The molecule has 0 radical (unpaired) electrons. The highest BCUT2D eigenvalue weighted by atomic mass is 16.6. The molecule has 0 aromatic carbocycles. The Bertz CT molecular complexity index is 546. The van der Waals surface area contributed by atoms with Gasteiger partial charge < -0.3 is 29.9 Å². The molecular weight excluding hydrogens is 462 g/mol. The minimum absolute atomic E-state index is 0.181. The molecule has 1 saturated heterocycles. The van der Waals surface area contributed by atoms with Crippen molar-refractivity contribution in [2.75, 3.05) is 13.2 Å². The van der Waals surface area contributed by atoms with Crippen molar-refractivity contribution < 1.29 is 34.7 Å². The molecular formula is C28H55NO7. The average molecular weight is 518 g/mol. The van der Waals surface area contributed by atoms with Crippen LogP contribution in [0.4, 0.5) is 0 Å². The van der Waals surface area contributed by atoms with Crippen molar-refractivity contribution in [3.8, 4) is 0 Å². The quantitative estimate of drug-likeness (QED) is 0.115. The zero-order chi connectivity index (χ0) is 26.8. The molecule has 36 heavy (non-hydrogen) atoms. The van der Waals surface area contributed by atoms with E-state index < -0.39 is 49.3 Å². The van der Waals surface area contributed by atoms with E-state index in [0.29, 0.717) is 13.0 Å². The maximum atomic E-state index is 12.7. The van der Waals surface area contributed by atoms with Gasteiger partial charge >= 0.3 is 5.97 Å². The number of aliphatic hydroxyl groups excluding tert-OH is 4. The van der Waals surface area contributed by atoms with E-state index in [1.165, 1.54) is 70.6 Å². The molecule has 1 heterocycles. The molecule has 1 fully saturated rings. The molecule has 8 heteroatoms. The summed E-state index contributed by atoms with van der Waals surface area (Å²) >= 11 is 0. The number of hydrogen-bond donors (Lipinski definition) is 5. The van der Waals surface area contributed by atoms with E-state index in [-0.39, 0.29) is 5.92 Å². The molecule has 2 unspecified atom stereocenters. The molecule has 0 aromatic heterocycles. The Hall–Kier alpha value is -0.770. The van der Waals surface area contributed by atoms with Crippen molar-refractivity contribution in [3.05, 3.63) is 0 Å². The third-order valence-corrected chi connectivity index (χ3v) is 6.99. The zero-order valence-corrected chi connectivity index (χ0v) is 23.1. The van der Waals surface area contributed by atoms with E-state index in [1.54, 1.807) is 0 Å². The van der Waals surface area contributed by atoms with E-state index in [1.807, 2.05) is 13.8 Å². The van der Waals surface area contributed by atoms with Crippen molar-refractivity contribution >= 4 is 5.97 Å². The van der Waals surface area contributed by atoms with Gasteiger partial charge in [-0.15, -0.1) is 0 Å². The van der Waals surface area contributed by atoms with Gasteiger partial charge in [0.2, 0.25) is 0 Å². The lowest BCUT2D eigenvalue weighted by Gasteiger charge is -2.41. The second-order valence-corrected chi connectivity index (χ2v) is 10.9. The van der Waals surface area contributed by atoms with Gasteiger partial charge in [-0.25, -0.2) is 0 Å². The smallest absolute Gasteiger partial charge is 0.323 e. The molecule has 1 aliphatic rings. The van der Waals surface area contributed by atoms with Gasteiger partial charge in [0.15, 0.2) is 0 Å². The van der Waals surface area contributed by atoms with Crippen LogP contribution in [-0.2, 0) is 14.3 Å². The summed E-state index contributed by atoms with van der Waals surface area (Å²) < 4.78 is 11.0. The first-order valence-corrected chi connectivity index (χ1v) is 14.5. The molecule has 214 valence electrons. The molecule has 0 saturated carbocycles. The monoisotopic (exact) mass is 517 g/mol. The van der Waals surface area contributed by atoms with Crippen LogP contribution in [0.1, 0.15) is 117 Å². The summed E-state index contributed by atoms with van der Waals surface area (Å²) in [6, 6.07) is -0.724. The molecule has 1 rings (SSSR count). The topological polar surface area (TPSA) is 128 Å². The number of carbonyl (C=O) groups is 1. The van der Waals surface area contributed by atoms with Crippen LogP contribution in [0.3, 0.4) is 0 Å². The van der Waals surface area contributed by atoms with E-state index >= 15 is 0 Å². The van der Waals surface area contributed by atoms with Crippen LogP contribution in [0.25, 0.3) is 0 Å². The molecule has 0 amide bonds. The lowest BCUT2D eigenvalue weighted by Crippen LogP contribution is -2.64. The van der Waals surface area contributed by atoms with E-state index in [2.05, 4.69) is 12.2 Å². The van der Waals surface area contributed by atoms with Gasteiger partial charge in [-0.2, -0.15) is 0 Å². The summed E-state index contributed by atoms with van der Waals surface area (Å²) in [5, 5.41) is 42.5. The highest BCUT2D eigenvalue weighted by molar-refractivity contribution is 5.75. The Balaban J connectivity index is 2.20. The minimum Gasteiger partial charge on any atom is -0.465 e. The number of hydrogen-bond acceptors (Lipinski definition) is 8. The number of nitrogens with one attached hydrogen (secondary N) is 1. The second-order valence-electron chi connectivity index (χ2n) is 10.9. The summed E-state index contributed by atoms with van der Waals surface area (Å²) in [6.45, 7) is 6.04. The van der Waals surface area contributed by atoms with Crippen LogP contribution in [-0.4, -0.2) is 76.3 Å². The van der Waals surface area contributed by atoms with Gasteiger partial charge in [0, 0.05) is 0 Å². The zero-order valence-electron chi connectivity index (χ0n) is 23.1. The molecule has 8 nitrogen and oxygen atoms in total. The van der Waals surface area contributed by atoms with Crippen LogP contribution in [0.15, 0.2) is 0 Å². The second kappa shape index (κ2) is 20.2. The van der Waals surface area contributed by atoms with Gasteiger partial charge in [-0.05, 0) is 18.8 Å². The van der Waals surface area contributed by atoms with Crippen molar-refractivity contribution in [2.24, 2.45) is 5.92 Å². The summed E-state index contributed by atoms with van der Waals surface area (Å²) in [5.41, 5.74) is 0. The molecule has 1 aliphatic heterocycles. The van der Waals surface area contributed by atoms with Gasteiger partial charge in [-0.3, -0.25) is 10.1 Å². The standard InChI is InChI=1S/C28H55NO7/c1-4-5-6-7-8-9-10-11-12-13-14-15-16-17-18-35-28(34)22(19-21(2)3)29-27-26(33)25(32)24(31)23(20-30)36-27/h21-27,29-33H,4-20H2,1-3H3/t22?,23-,24-,25+,26-,27?/m1/s1. The number of esters is 1. The lowest BCUT2D eigenvalue weighted by molar-refractivity contribution is -0.238. The summed E-state index contributed by atoms with van der Waals surface area (Å²) in [5.74, 6) is -0.239. The summed E-state index contributed by atoms with van der Waals surface area (Å²) in [4.78, 5) is 12.7. The number of carbonyl (C=O) groups excluding carboxylic acids is 1. The van der Waals surface area contributed by atoms with E-state index in [9.17, 15) is 25.2 Å². The third kappa shape index (κ3) is 13.7. The number of aliphatic hydroxyl groups is 4. The average Bonchev–Trinajstić information content (AvgIpc) is 2.85. The fourth-order valence-electron chi connectivity index (χ4n) is 4.71. The molecule has 0 aliphatic carbocycles. The first-order chi connectivity index (χ1) is 17.3. The predicted molar refractivity (Wildman–Crippen MR) is 141 cm³/mol. The van der Waals surface area contributed by atoms with Gasteiger partial charge in [0.1, 0.15) is 36.7 Å². The Kier molecular flexibility index (Phi) is 18.7. The first-order valence-electron chi connectivity index (χ1n) is 14.5. The Morgan fingerprint density at radius 3 is 1.78 bits per heavy atom. The van der Waals surface area contributed by atoms with Crippen LogP contribution < -0.4 is 5.32 Å². The van der Waals surface area contributed by atoms with Crippen molar-refractivity contribution in [2.45, 2.75) is 154 Å². The highest BCUT2D eigenvalue weighted by Gasteiger charge is 2.44. The highest BCUT2D eigenvalue weighted by Crippen LogP contribution is 2.21. The Labute approximate surface area is 219 Å². The molecule has 0 aromatic rings. The van der Waals surface area contributed by atoms with E-state index in [4.69, 9.17) is 9.47 Å². The molecule has 0 bridgehead atoms. The Morgan fingerprint density at radius 1 is 0.806 bits per heavy atom. The first kappa shape index (κ1) is 33.3. The maximum absolute atomic E-state index is 12.7. The normalized spacial score (nSPS) is 25.3. The fraction of sp³-hybridized carbons (Fsp3) is 0.964. The van der Waals surface area contributed by atoms with Crippen LogP contribution in [0.2, 0.25) is 0 Å². The third-order valence-electron chi connectivity index (χ3n) is 6.99. The number of ether oxygens (including phenoxy) is 2. The van der Waals surface area contributed by atoms with Gasteiger partial charge in [0.25, 0.3) is 0 Å². The maximum Gasteiger partial charge on any atom is 0.323 e. The van der Waals surface area contributed by atoms with Crippen molar-refractivity contribution in [1.82, 2.24) is 5.32 Å². The van der Waals surface area contributed by atoms with Gasteiger partial charge in [-0.1, -0.05) is 104 Å². The summed E-state index contributed by atoms with van der Waals surface area (Å²) in [6.07, 6.45) is 11.7. The molecule has 0 spiro atoms. The fourth-order valence-corrected chi connectivity index (χ4v) is 4.71. The predicted octanol–water partition coefficient (Wildman–Crippen LogP) is 3.82. The lowest BCUT2D eigenvalue weighted by atomic mass is 9.97. The summed E-state index contributed by atoms with van der Waals surface area (Å²) in [7, 11) is 0. The Morgan fingerprint density at radius 2 is 1.31 bits per heavy atom. The van der Waals surface area contributed by atoms with Crippen LogP contribution >= 0.6 is 0 Å². The number of rotatable bonds is 21. The van der Waals surface area contributed by atoms with E-state index in [0.717, 1.165) is 19.3 Å².